The van der Waals surface area contributed by atoms with Crippen molar-refractivity contribution in [3.8, 4) is 0 Å². The molecule has 3 heteroatoms. The first kappa shape index (κ1) is 12.9. The van der Waals surface area contributed by atoms with Crippen LogP contribution in [0, 0.1) is 0 Å². The molecule has 1 heterocycles. The second-order valence-corrected chi connectivity index (χ2v) is 4.91. The predicted octanol–water partition coefficient (Wildman–Crippen LogP) is 2.48. The van der Waals surface area contributed by atoms with Crippen LogP contribution in [0.5, 0.6) is 0 Å². The molecule has 0 bridgehead atoms. The zero-order chi connectivity index (χ0) is 13.8. The first-order valence-corrected chi connectivity index (χ1v) is 6.92. The summed E-state index contributed by atoms with van der Waals surface area (Å²) in [6, 6.07) is 20.7. The van der Waals surface area contributed by atoms with E-state index >= 15 is 0 Å². The topological polar surface area (TPSA) is 35.8 Å². The van der Waals surface area contributed by atoms with E-state index in [-0.39, 0.29) is 12.6 Å². The molecule has 2 aromatic rings. The van der Waals surface area contributed by atoms with Crippen molar-refractivity contribution in [2.24, 2.45) is 4.99 Å². The molecule has 0 amide bonds. The molecule has 0 fully saturated rings. The van der Waals surface area contributed by atoms with E-state index in [1.165, 1.54) is 5.56 Å². The van der Waals surface area contributed by atoms with Gasteiger partial charge in [-0.25, -0.2) is 0 Å². The molecule has 3 nitrogen and oxygen atoms in total. The van der Waals surface area contributed by atoms with Gasteiger partial charge in [-0.3, -0.25) is 4.99 Å². The van der Waals surface area contributed by atoms with Crippen molar-refractivity contribution < 1.29 is 5.11 Å². The van der Waals surface area contributed by atoms with Crippen LogP contribution in [0.15, 0.2) is 65.7 Å². The Balaban J connectivity index is 1.92. The fraction of sp³-hybridized carbons (Fsp3) is 0.235. The summed E-state index contributed by atoms with van der Waals surface area (Å²) >= 11 is 0. The van der Waals surface area contributed by atoms with Gasteiger partial charge in [0.25, 0.3) is 0 Å². The van der Waals surface area contributed by atoms with Crippen LogP contribution in [-0.4, -0.2) is 35.5 Å². The third-order valence-corrected chi connectivity index (χ3v) is 3.56. The van der Waals surface area contributed by atoms with Crippen molar-refractivity contribution >= 4 is 5.84 Å². The summed E-state index contributed by atoms with van der Waals surface area (Å²) in [6.45, 7) is 1.60. The fourth-order valence-corrected chi connectivity index (χ4v) is 2.58. The van der Waals surface area contributed by atoms with Crippen molar-refractivity contribution in [1.29, 1.82) is 0 Å². The molecule has 0 spiro atoms. The summed E-state index contributed by atoms with van der Waals surface area (Å²) in [7, 11) is 0. The summed E-state index contributed by atoms with van der Waals surface area (Å²) in [4.78, 5) is 7.02. The molecule has 0 aliphatic carbocycles. The predicted molar refractivity (Wildman–Crippen MR) is 80.8 cm³/mol. The second-order valence-electron chi connectivity index (χ2n) is 4.91. The molecule has 0 saturated carbocycles. The molecule has 20 heavy (non-hydrogen) atoms. The van der Waals surface area contributed by atoms with Crippen molar-refractivity contribution in [3.05, 3.63) is 71.8 Å². The van der Waals surface area contributed by atoms with Crippen LogP contribution in [0.3, 0.4) is 0 Å². The Kier molecular flexibility index (Phi) is 3.79. The second kappa shape index (κ2) is 5.88. The van der Waals surface area contributed by atoms with Gasteiger partial charge >= 0.3 is 0 Å². The molecule has 2 aromatic carbocycles. The smallest absolute Gasteiger partial charge is 0.131 e. The molecule has 1 N–H and O–H groups in total. The molecule has 1 atom stereocenters. The maximum atomic E-state index is 9.25. The quantitative estimate of drug-likeness (QED) is 0.923. The summed E-state index contributed by atoms with van der Waals surface area (Å²) in [6.07, 6.45) is 0. The zero-order valence-corrected chi connectivity index (χ0v) is 11.3. The Bertz CT molecular complexity index is 580. The number of benzene rings is 2. The summed E-state index contributed by atoms with van der Waals surface area (Å²) in [5.74, 6) is 0.980. The Morgan fingerprint density at radius 2 is 1.65 bits per heavy atom. The van der Waals surface area contributed by atoms with E-state index in [0.717, 1.165) is 17.9 Å². The number of aliphatic hydroxyl groups excluding tert-OH is 1. The minimum Gasteiger partial charge on any atom is -0.395 e. The van der Waals surface area contributed by atoms with Crippen LogP contribution in [0.4, 0.5) is 0 Å². The maximum absolute atomic E-state index is 9.25. The first-order chi connectivity index (χ1) is 9.88. The lowest BCUT2D eigenvalue weighted by atomic mass is 10.1. The number of nitrogens with zero attached hydrogens (tertiary/aromatic N) is 2. The fourth-order valence-electron chi connectivity index (χ4n) is 2.58. The Morgan fingerprint density at radius 3 is 2.30 bits per heavy atom. The molecule has 0 aromatic heterocycles. The average Bonchev–Trinajstić information content (AvgIpc) is 2.94. The van der Waals surface area contributed by atoms with Gasteiger partial charge in [0, 0.05) is 18.7 Å². The number of rotatable bonds is 4. The van der Waals surface area contributed by atoms with Crippen LogP contribution in [0.2, 0.25) is 0 Å². The van der Waals surface area contributed by atoms with Crippen LogP contribution >= 0.6 is 0 Å². The minimum atomic E-state index is 0.146. The lowest BCUT2D eigenvalue weighted by molar-refractivity contribution is 0.252. The molecule has 3 rings (SSSR count). The van der Waals surface area contributed by atoms with E-state index in [4.69, 9.17) is 4.99 Å². The van der Waals surface area contributed by atoms with Crippen molar-refractivity contribution in [3.63, 3.8) is 0 Å². The lowest BCUT2D eigenvalue weighted by Crippen LogP contribution is -2.31. The Labute approximate surface area is 119 Å². The number of amidine groups is 1. The van der Waals surface area contributed by atoms with E-state index in [0.29, 0.717) is 6.54 Å². The average molecular weight is 266 g/mol. The summed E-state index contributed by atoms with van der Waals surface area (Å²) in [5.41, 5.74) is 2.33. The van der Waals surface area contributed by atoms with Gasteiger partial charge in [-0.1, -0.05) is 60.7 Å². The van der Waals surface area contributed by atoms with E-state index in [9.17, 15) is 5.11 Å². The SMILES string of the molecule is OCCN1CC(c2ccccc2)N=C1c1ccccc1. The summed E-state index contributed by atoms with van der Waals surface area (Å²) < 4.78 is 0. The van der Waals surface area contributed by atoms with Crippen LogP contribution < -0.4 is 0 Å². The largest absolute Gasteiger partial charge is 0.395 e. The van der Waals surface area contributed by atoms with Gasteiger partial charge < -0.3 is 10.0 Å². The summed E-state index contributed by atoms with van der Waals surface area (Å²) in [5, 5.41) is 9.25. The lowest BCUT2D eigenvalue weighted by Gasteiger charge is -2.20. The number of aliphatic hydroxyl groups is 1. The number of β-amino-alcohol motifs (C(OH)–C–C–N with tert-alkyl or cyclic N) is 1. The molecule has 0 saturated heterocycles. The Hall–Kier alpha value is -2.13. The van der Waals surface area contributed by atoms with Crippen LogP contribution in [0.1, 0.15) is 17.2 Å². The highest BCUT2D eigenvalue weighted by atomic mass is 16.3. The third kappa shape index (κ3) is 2.58. The highest BCUT2D eigenvalue weighted by molar-refractivity contribution is 6.00. The van der Waals surface area contributed by atoms with Crippen molar-refractivity contribution in [2.75, 3.05) is 19.7 Å². The van der Waals surface area contributed by atoms with Gasteiger partial charge in [0.1, 0.15) is 5.84 Å². The maximum Gasteiger partial charge on any atom is 0.131 e. The van der Waals surface area contributed by atoms with E-state index in [2.05, 4.69) is 29.2 Å². The van der Waals surface area contributed by atoms with Gasteiger partial charge in [-0.05, 0) is 5.56 Å². The minimum absolute atomic E-state index is 0.146. The van der Waals surface area contributed by atoms with Crippen LogP contribution in [0.25, 0.3) is 0 Å². The first-order valence-electron chi connectivity index (χ1n) is 6.92. The number of aliphatic imine (C=N–C) groups is 1. The third-order valence-electron chi connectivity index (χ3n) is 3.56. The van der Waals surface area contributed by atoms with E-state index in [1.54, 1.807) is 0 Å². The van der Waals surface area contributed by atoms with Gasteiger partial charge in [0.15, 0.2) is 0 Å². The zero-order valence-electron chi connectivity index (χ0n) is 11.3. The highest BCUT2D eigenvalue weighted by Crippen LogP contribution is 2.26. The standard InChI is InChI=1S/C17H18N2O/c20-12-11-19-13-16(14-7-3-1-4-8-14)18-17(19)15-9-5-2-6-10-15/h1-10,16,20H,11-13H2. The molecular formula is C17H18N2O. The Morgan fingerprint density at radius 1 is 1.00 bits per heavy atom. The van der Waals surface area contributed by atoms with Gasteiger partial charge in [0.2, 0.25) is 0 Å². The molecule has 1 unspecified atom stereocenters. The molecular weight excluding hydrogens is 248 g/mol. The normalized spacial score (nSPS) is 18.1. The molecule has 102 valence electrons. The highest BCUT2D eigenvalue weighted by Gasteiger charge is 2.26. The molecule has 1 aliphatic rings. The van der Waals surface area contributed by atoms with Gasteiger partial charge in [-0.15, -0.1) is 0 Å². The molecule has 1 aliphatic heterocycles. The van der Waals surface area contributed by atoms with Crippen molar-refractivity contribution in [1.82, 2.24) is 4.90 Å². The molecule has 0 radical (unpaired) electrons. The van der Waals surface area contributed by atoms with Crippen molar-refractivity contribution in [2.45, 2.75) is 6.04 Å². The van der Waals surface area contributed by atoms with E-state index in [1.807, 2.05) is 36.4 Å². The monoisotopic (exact) mass is 266 g/mol. The van der Waals surface area contributed by atoms with E-state index < -0.39 is 0 Å². The van der Waals surface area contributed by atoms with Gasteiger partial charge in [-0.2, -0.15) is 0 Å². The number of hydrogen-bond donors (Lipinski definition) is 1. The van der Waals surface area contributed by atoms with Gasteiger partial charge in [0.05, 0.1) is 12.6 Å². The van der Waals surface area contributed by atoms with Crippen LogP contribution in [-0.2, 0) is 0 Å². The number of hydrogen-bond acceptors (Lipinski definition) is 3.